The molecule has 0 amide bonds. The maximum atomic E-state index is 4.27. The highest BCUT2D eigenvalue weighted by Gasteiger charge is 2.09. The summed E-state index contributed by atoms with van der Waals surface area (Å²) < 4.78 is 1.83. The van der Waals surface area contributed by atoms with E-state index in [9.17, 15) is 0 Å². The van der Waals surface area contributed by atoms with E-state index in [1.807, 2.05) is 17.8 Å². The third-order valence-electron chi connectivity index (χ3n) is 2.82. The first-order chi connectivity index (χ1) is 8.79. The molecule has 0 atom stereocenters. The molecule has 0 aliphatic heterocycles. The standard InChI is InChI=1S/C13H17BrN4/c1-17-13(15-11-16-17)10-18(8-7-14)9-12-5-3-2-4-6-12/h2-6,11H,7-10H2,1H3. The van der Waals surface area contributed by atoms with Gasteiger partial charge in [-0.15, -0.1) is 0 Å². The Morgan fingerprint density at radius 1 is 1.22 bits per heavy atom. The average molecular weight is 309 g/mol. The maximum absolute atomic E-state index is 4.27. The van der Waals surface area contributed by atoms with Crippen LogP contribution in [0, 0.1) is 0 Å². The van der Waals surface area contributed by atoms with Crippen LogP contribution in [0.5, 0.6) is 0 Å². The zero-order valence-corrected chi connectivity index (χ0v) is 12.0. The normalized spacial score (nSPS) is 11.1. The van der Waals surface area contributed by atoms with Gasteiger partial charge in [0.25, 0.3) is 0 Å². The van der Waals surface area contributed by atoms with Crippen molar-refractivity contribution < 1.29 is 0 Å². The fourth-order valence-electron chi connectivity index (χ4n) is 1.84. The summed E-state index contributed by atoms with van der Waals surface area (Å²) in [6.07, 6.45) is 1.60. The number of hydrogen-bond acceptors (Lipinski definition) is 3. The van der Waals surface area contributed by atoms with Crippen LogP contribution in [0.3, 0.4) is 0 Å². The lowest BCUT2D eigenvalue weighted by Crippen LogP contribution is -2.26. The first-order valence-corrected chi connectivity index (χ1v) is 7.07. The fraction of sp³-hybridized carbons (Fsp3) is 0.385. The molecular formula is C13H17BrN4. The topological polar surface area (TPSA) is 34.0 Å². The number of hydrogen-bond donors (Lipinski definition) is 0. The number of rotatable bonds is 6. The van der Waals surface area contributed by atoms with Gasteiger partial charge in [0.1, 0.15) is 12.2 Å². The number of halogens is 1. The smallest absolute Gasteiger partial charge is 0.140 e. The van der Waals surface area contributed by atoms with Crippen LogP contribution in [0.25, 0.3) is 0 Å². The van der Waals surface area contributed by atoms with Crippen LogP contribution in [-0.2, 0) is 20.1 Å². The minimum atomic E-state index is 0.816. The van der Waals surface area contributed by atoms with Crippen LogP contribution >= 0.6 is 15.9 Å². The highest BCUT2D eigenvalue weighted by Crippen LogP contribution is 2.08. The second-order valence-corrected chi connectivity index (χ2v) is 4.98. The summed E-state index contributed by atoms with van der Waals surface area (Å²) >= 11 is 3.50. The molecule has 4 nitrogen and oxygen atoms in total. The third-order valence-corrected chi connectivity index (χ3v) is 3.17. The summed E-state index contributed by atoms with van der Waals surface area (Å²) in [4.78, 5) is 6.63. The van der Waals surface area contributed by atoms with Crippen molar-refractivity contribution in [1.29, 1.82) is 0 Å². The lowest BCUT2D eigenvalue weighted by molar-refractivity contribution is 0.263. The van der Waals surface area contributed by atoms with Crippen LogP contribution < -0.4 is 0 Å². The Morgan fingerprint density at radius 2 is 2.00 bits per heavy atom. The van der Waals surface area contributed by atoms with Gasteiger partial charge in [-0.1, -0.05) is 46.3 Å². The van der Waals surface area contributed by atoms with Gasteiger partial charge in [0, 0.05) is 25.5 Å². The lowest BCUT2D eigenvalue weighted by Gasteiger charge is -2.20. The van der Waals surface area contributed by atoms with Gasteiger partial charge in [-0.2, -0.15) is 5.10 Å². The molecule has 0 saturated carbocycles. The molecule has 0 aliphatic rings. The Hall–Kier alpha value is -1.20. The summed E-state index contributed by atoms with van der Waals surface area (Å²) in [5, 5.41) is 5.06. The summed E-state index contributed by atoms with van der Waals surface area (Å²) in [6, 6.07) is 10.5. The Bertz CT molecular complexity index is 469. The molecule has 0 saturated heterocycles. The minimum absolute atomic E-state index is 0.816. The summed E-state index contributed by atoms with van der Waals surface area (Å²) in [5.41, 5.74) is 1.32. The largest absolute Gasteiger partial charge is 0.291 e. The molecule has 1 aromatic heterocycles. The Balaban J connectivity index is 2.02. The molecular weight excluding hydrogens is 292 g/mol. The Kier molecular flexibility index (Phi) is 4.90. The summed E-state index contributed by atoms with van der Waals surface area (Å²) in [7, 11) is 1.93. The highest BCUT2D eigenvalue weighted by molar-refractivity contribution is 9.09. The van der Waals surface area contributed by atoms with Crippen molar-refractivity contribution in [2.45, 2.75) is 13.1 Å². The average Bonchev–Trinajstić information content (AvgIpc) is 2.77. The van der Waals surface area contributed by atoms with Crippen molar-refractivity contribution >= 4 is 15.9 Å². The molecule has 1 aromatic carbocycles. The lowest BCUT2D eigenvalue weighted by atomic mass is 10.2. The van der Waals surface area contributed by atoms with Crippen LogP contribution in [0.4, 0.5) is 0 Å². The van der Waals surface area contributed by atoms with E-state index in [2.05, 4.69) is 55.2 Å². The van der Waals surface area contributed by atoms with Crippen LogP contribution in [0.2, 0.25) is 0 Å². The molecule has 0 fully saturated rings. The molecule has 0 unspecified atom stereocenters. The molecule has 2 aromatic rings. The van der Waals surface area contributed by atoms with Gasteiger partial charge in [0.15, 0.2) is 0 Å². The first-order valence-electron chi connectivity index (χ1n) is 5.94. The van der Waals surface area contributed by atoms with Crippen molar-refractivity contribution in [3.05, 3.63) is 48.0 Å². The molecule has 96 valence electrons. The van der Waals surface area contributed by atoms with Crippen molar-refractivity contribution in [1.82, 2.24) is 19.7 Å². The predicted molar refractivity (Wildman–Crippen MR) is 75.4 cm³/mol. The van der Waals surface area contributed by atoms with Crippen molar-refractivity contribution in [3.63, 3.8) is 0 Å². The summed E-state index contributed by atoms with van der Waals surface area (Å²) in [6.45, 7) is 2.73. The van der Waals surface area contributed by atoms with Crippen molar-refractivity contribution in [2.75, 3.05) is 11.9 Å². The number of benzene rings is 1. The monoisotopic (exact) mass is 308 g/mol. The van der Waals surface area contributed by atoms with Crippen LogP contribution in [0.15, 0.2) is 36.7 Å². The van der Waals surface area contributed by atoms with E-state index < -0.39 is 0 Å². The number of alkyl halides is 1. The van der Waals surface area contributed by atoms with Gasteiger partial charge in [0.05, 0.1) is 6.54 Å². The fourth-order valence-corrected chi connectivity index (χ4v) is 2.34. The molecule has 0 bridgehead atoms. The molecule has 0 N–H and O–H groups in total. The van der Waals surface area contributed by atoms with Crippen molar-refractivity contribution in [3.8, 4) is 0 Å². The highest BCUT2D eigenvalue weighted by atomic mass is 79.9. The molecule has 0 radical (unpaired) electrons. The molecule has 18 heavy (non-hydrogen) atoms. The SMILES string of the molecule is Cn1ncnc1CN(CCBr)Cc1ccccc1. The molecule has 0 spiro atoms. The second-order valence-electron chi connectivity index (χ2n) is 4.19. The van der Waals surface area contributed by atoms with Gasteiger partial charge in [-0.3, -0.25) is 9.58 Å². The van der Waals surface area contributed by atoms with Gasteiger partial charge in [-0.25, -0.2) is 4.98 Å². The Morgan fingerprint density at radius 3 is 2.61 bits per heavy atom. The minimum Gasteiger partial charge on any atom is -0.291 e. The number of aryl methyl sites for hydroxylation is 1. The number of aromatic nitrogens is 3. The van der Waals surface area contributed by atoms with E-state index in [-0.39, 0.29) is 0 Å². The summed E-state index contributed by atoms with van der Waals surface area (Å²) in [5.74, 6) is 0.992. The molecule has 5 heteroatoms. The van der Waals surface area contributed by atoms with Gasteiger partial charge >= 0.3 is 0 Å². The van der Waals surface area contributed by atoms with Gasteiger partial charge in [0.2, 0.25) is 0 Å². The van der Waals surface area contributed by atoms with Crippen molar-refractivity contribution in [2.24, 2.45) is 7.05 Å². The van der Waals surface area contributed by atoms with Gasteiger partial charge in [-0.05, 0) is 5.56 Å². The van der Waals surface area contributed by atoms with Crippen LogP contribution in [0.1, 0.15) is 11.4 Å². The molecule has 1 heterocycles. The first kappa shape index (κ1) is 13.2. The van der Waals surface area contributed by atoms with E-state index >= 15 is 0 Å². The Labute approximate surface area is 116 Å². The molecule has 0 aliphatic carbocycles. The third kappa shape index (κ3) is 3.65. The quantitative estimate of drug-likeness (QED) is 0.767. The zero-order chi connectivity index (χ0) is 12.8. The van der Waals surface area contributed by atoms with E-state index in [0.717, 1.165) is 30.8 Å². The predicted octanol–water partition coefficient (Wildman–Crippen LogP) is 2.21. The van der Waals surface area contributed by atoms with E-state index in [0.29, 0.717) is 0 Å². The van der Waals surface area contributed by atoms with E-state index in [1.165, 1.54) is 5.56 Å². The maximum Gasteiger partial charge on any atom is 0.140 e. The van der Waals surface area contributed by atoms with E-state index in [1.54, 1.807) is 6.33 Å². The zero-order valence-electron chi connectivity index (χ0n) is 10.5. The van der Waals surface area contributed by atoms with Gasteiger partial charge < -0.3 is 0 Å². The van der Waals surface area contributed by atoms with Crippen LogP contribution in [-0.4, -0.2) is 31.5 Å². The van der Waals surface area contributed by atoms with E-state index in [4.69, 9.17) is 0 Å². The number of nitrogens with zero attached hydrogens (tertiary/aromatic N) is 4. The second kappa shape index (κ2) is 6.66. The molecule has 2 rings (SSSR count).